The molecular formula is C26H26N4OS. The number of nitrogens with zero attached hydrogens (tertiary/aromatic N) is 3. The molecule has 3 aromatic carbocycles. The van der Waals surface area contributed by atoms with Crippen LogP contribution in [-0.2, 0) is 17.8 Å². The third-order valence-corrected chi connectivity index (χ3v) is 6.15. The van der Waals surface area contributed by atoms with Crippen molar-refractivity contribution in [2.24, 2.45) is 0 Å². The van der Waals surface area contributed by atoms with E-state index in [2.05, 4.69) is 44.3 Å². The SMILES string of the molecule is Cc1ccc(C)c(NC(=O)CSc2nnc(Cc3ccccc3)n2Cc2ccccc2)c1. The fourth-order valence-corrected chi connectivity index (χ4v) is 4.20. The van der Waals surface area contributed by atoms with Crippen LogP contribution in [0.3, 0.4) is 0 Å². The van der Waals surface area contributed by atoms with E-state index in [0.29, 0.717) is 13.0 Å². The number of benzene rings is 3. The van der Waals surface area contributed by atoms with Crippen LogP contribution >= 0.6 is 11.8 Å². The van der Waals surface area contributed by atoms with Crippen molar-refractivity contribution in [3.05, 3.63) is 107 Å². The van der Waals surface area contributed by atoms with Crippen molar-refractivity contribution in [3.63, 3.8) is 0 Å². The minimum atomic E-state index is -0.0532. The van der Waals surface area contributed by atoms with E-state index in [0.717, 1.165) is 27.8 Å². The number of hydrogen-bond donors (Lipinski definition) is 1. The zero-order valence-corrected chi connectivity index (χ0v) is 19.1. The molecule has 1 amide bonds. The second-order valence-corrected chi connectivity index (χ2v) is 8.73. The Balaban J connectivity index is 1.50. The molecule has 0 fully saturated rings. The summed E-state index contributed by atoms with van der Waals surface area (Å²) >= 11 is 1.41. The largest absolute Gasteiger partial charge is 0.325 e. The van der Waals surface area contributed by atoms with Crippen molar-refractivity contribution in [3.8, 4) is 0 Å². The number of aryl methyl sites for hydroxylation is 2. The second kappa shape index (κ2) is 10.3. The normalized spacial score (nSPS) is 10.8. The molecule has 5 nitrogen and oxygen atoms in total. The lowest BCUT2D eigenvalue weighted by Crippen LogP contribution is -2.16. The Morgan fingerprint density at radius 1 is 0.906 bits per heavy atom. The summed E-state index contributed by atoms with van der Waals surface area (Å²) < 4.78 is 2.11. The van der Waals surface area contributed by atoms with Gasteiger partial charge in [0.1, 0.15) is 5.82 Å². The van der Waals surface area contributed by atoms with Crippen LogP contribution in [0.4, 0.5) is 5.69 Å². The third-order valence-electron chi connectivity index (χ3n) is 5.18. The molecule has 0 radical (unpaired) electrons. The van der Waals surface area contributed by atoms with E-state index in [4.69, 9.17) is 0 Å². The van der Waals surface area contributed by atoms with Gasteiger partial charge in [-0.3, -0.25) is 4.79 Å². The summed E-state index contributed by atoms with van der Waals surface area (Å²) in [4.78, 5) is 12.6. The number of amides is 1. The Kier molecular flexibility index (Phi) is 7.02. The van der Waals surface area contributed by atoms with Gasteiger partial charge in [0.05, 0.1) is 12.3 Å². The Hall–Kier alpha value is -3.38. The second-order valence-electron chi connectivity index (χ2n) is 7.79. The molecule has 0 aliphatic carbocycles. The molecule has 0 spiro atoms. The van der Waals surface area contributed by atoms with Gasteiger partial charge in [-0.15, -0.1) is 10.2 Å². The van der Waals surface area contributed by atoms with E-state index in [9.17, 15) is 4.79 Å². The molecule has 32 heavy (non-hydrogen) atoms. The van der Waals surface area contributed by atoms with Crippen LogP contribution in [0.15, 0.2) is 84.0 Å². The fourth-order valence-electron chi connectivity index (χ4n) is 3.45. The van der Waals surface area contributed by atoms with Gasteiger partial charge in [0.2, 0.25) is 5.91 Å². The summed E-state index contributed by atoms with van der Waals surface area (Å²) in [5.74, 6) is 1.10. The summed E-state index contributed by atoms with van der Waals surface area (Å²) in [5.41, 5.74) is 5.37. The summed E-state index contributed by atoms with van der Waals surface area (Å²) in [6.45, 7) is 4.68. The average Bonchev–Trinajstić information content (AvgIpc) is 3.17. The van der Waals surface area contributed by atoms with Crippen molar-refractivity contribution in [1.29, 1.82) is 0 Å². The van der Waals surface area contributed by atoms with Crippen LogP contribution in [0, 0.1) is 13.8 Å². The summed E-state index contributed by atoms with van der Waals surface area (Å²) in [6, 6.07) is 26.5. The molecular weight excluding hydrogens is 416 g/mol. The molecule has 1 heterocycles. The smallest absolute Gasteiger partial charge is 0.234 e. The maximum atomic E-state index is 12.6. The molecule has 0 saturated heterocycles. The van der Waals surface area contributed by atoms with E-state index < -0.39 is 0 Å². The van der Waals surface area contributed by atoms with Gasteiger partial charge in [0.25, 0.3) is 0 Å². The van der Waals surface area contributed by atoms with Crippen molar-refractivity contribution in [2.75, 3.05) is 11.1 Å². The topological polar surface area (TPSA) is 59.8 Å². The molecule has 1 aromatic heterocycles. The van der Waals surface area contributed by atoms with Gasteiger partial charge < -0.3 is 9.88 Å². The van der Waals surface area contributed by atoms with Gasteiger partial charge in [-0.2, -0.15) is 0 Å². The highest BCUT2D eigenvalue weighted by Crippen LogP contribution is 2.22. The first kappa shape index (κ1) is 21.8. The monoisotopic (exact) mass is 442 g/mol. The van der Waals surface area contributed by atoms with Crippen LogP contribution in [0.1, 0.15) is 28.1 Å². The van der Waals surface area contributed by atoms with Crippen LogP contribution in [0.2, 0.25) is 0 Å². The maximum Gasteiger partial charge on any atom is 0.234 e. The summed E-state index contributed by atoms with van der Waals surface area (Å²) in [5, 5.41) is 12.6. The number of hydrogen-bond acceptors (Lipinski definition) is 4. The number of carbonyl (C=O) groups is 1. The predicted molar refractivity (Wildman–Crippen MR) is 130 cm³/mol. The molecule has 0 unspecified atom stereocenters. The van der Waals surface area contributed by atoms with E-state index >= 15 is 0 Å². The van der Waals surface area contributed by atoms with Gasteiger partial charge in [-0.05, 0) is 42.2 Å². The molecule has 4 aromatic rings. The fraction of sp³-hybridized carbons (Fsp3) is 0.192. The lowest BCUT2D eigenvalue weighted by Gasteiger charge is -2.11. The molecule has 0 atom stereocenters. The average molecular weight is 443 g/mol. The van der Waals surface area contributed by atoms with Crippen molar-refractivity contribution in [2.45, 2.75) is 32.0 Å². The number of rotatable bonds is 8. The third kappa shape index (κ3) is 5.65. The van der Waals surface area contributed by atoms with Gasteiger partial charge in [-0.1, -0.05) is 84.6 Å². The Bertz CT molecular complexity index is 1190. The number of anilines is 1. The molecule has 0 aliphatic rings. The van der Waals surface area contributed by atoms with E-state index in [1.165, 1.54) is 22.9 Å². The Labute approximate surface area is 192 Å². The summed E-state index contributed by atoms with van der Waals surface area (Å²) in [6.07, 6.45) is 0.690. The lowest BCUT2D eigenvalue weighted by molar-refractivity contribution is -0.113. The quantitative estimate of drug-likeness (QED) is 0.378. The molecule has 0 bridgehead atoms. The maximum absolute atomic E-state index is 12.6. The van der Waals surface area contributed by atoms with Crippen molar-refractivity contribution < 1.29 is 4.79 Å². The molecule has 0 aliphatic heterocycles. The van der Waals surface area contributed by atoms with Crippen LogP contribution in [-0.4, -0.2) is 26.4 Å². The predicted octanol–water partition coefficient (Wildman–Crippen LogP) is 5.26. The van der Waals surface area contributed by atoms with E-state index in [-0.39, 0.29) is 11.7 Å². The molecule has 4 rings (SSSR count). The highest BCUT2D eigenvalue weighted by molar-refractivity contribution is 7.99. The number of thioether (sulfide) groups is 1. The van der Waals surface area contributed by atoms with Gasteiger partial charge in [0, 0.05) is 12.1 Å². The lowest BCUT2D eigenvalue weighted by atomic mass is 10.1. The Morgan fingerprint density at radius 3 is 2.31 bits per heavy atom. The highest BCUT2D eigenvalue weighted by Gasteiger charge is 2.15. The minimum Gasteiger partial charge on any atom is -0.325 e. The van der Waals surface area contributed by atoms with Crippen molar-refractivity contribution in [1.82, 2.24) is 14.8 Å². The first-order valence-corrected chi connectivity index (χ1v) is 11.6. The zero-order chi connectivity index (χ0) is 22.3. The molecule has 162 valence electrons. The van der Waals surface area contributed by atoms with Gasteiger partial charge in [-0.25, -0.2) is 0 Å². The molecule has 0 saturated carbocycles. The first-order chi connectivity index (χ1) is 15.6. The highest BCUT2D eigenvalue weighted by atomic mass is 32.2. The molecule has 1 N–H and O–H groups in total. The van der Waals surface area contributed by atoms with Crippen molar-refractivity contribution >= 4 is 23.4 Å². The van der Waals surface area contributed by atoms with Gasteiger partial charge in [0.15, 0.2) is 5.16 Å². The number of aromatic nitrogens is 3. The minimum absolute atomic E-state index is 0.0532. The summed E-state index contributed by atoms with van der Waals surface area (Å²) in [7, 11) is 0. The van der Waals surface area contributed by atoms with Gasteiger partial charge >= 0.3 is 0 Å². The van der Waals surface area contributed by atoms with Crippen LogP contribution < -0.4 is 5.32 Å². The standard InChI is InChI=1S/C26H26N4OS/c1-19-13-14-20(2)23(15-19)27-25(31)18-32-26-29-28-24(16-21-9-5-3-6-10-21)30(26)17-22-11-7-4-8-12-22/h3-15H,16-18H2,1-2H3,(H,27,31). The molecule has 6 heteroatoms. The Morgan fingerprint density at radius 2 is 1.59 bits per heavy atom. The number of nitrogens with one attached hydrogen (secondary N) is 1. The zero-order valence-electron chi connectivity index (χ0n) is 18.3. The van der Waals surface area contributed by atoms with Crippen LogP contribution in [0.25, 0.3) is 0 Å². The van der Waals surface area contributed by atoms with Crippen LogP contribution in [0.5, 0.6) is 0 Å². The van der Waals surface area contributed by atoms with E-state index in [1.54, 1.807) is 0 Å². The number of carbonyl (C=O) groups excluding carboxylic acids is 1. The first-order valence-electron chi connectivity index (χ1n) is 10.6. The van der Waals surface area contributed by atoms with E-state index in [1.807, 2.05) is 68.4 Å².